The monoisotopic (exact) mass is 338 g/mol. The summed E-state index contributed by atoms with van der Waals surface area (Å²) >= 11 is 5.47. The molecule has 0 spiro atoms. The molecule has 1 heterocycles. The second-order valence-electron chi connectivity index (χ2n) is 4.65. The van der Waals surface area contributed by atoms with Crippen LogP contribution in [0.5, 0.6) is 0 Å². The van der Waals surface area contributed by atoms with Crippen LogP contribution in [0.4, 0.5) is 5.69 Å². The number of rotatable bonds is 5. The van der Waals surface area contributed by atoms with Crippen LogP contribution < -0.4 is 10.2 Å². The zero-order chi connectivity index (χ0) is 13.8. The lowest BCUT2D eigenvalue weighted by Crippen LogP contribution is -2.17. The SMILES string of the molecule is CNC(C)c1ccc(N(C)Cc2cccs2)cc1Br. The molecule has 0 fully saturated rings. The van der Waals surface area contributed by atoms with Crippen molar-refractivity contribution in [2.24, 2.45) is 0 Å². The highest BCUT2D eigenvalue weighted by Crippen LogP contribution is 2.28. The maximum atomic E-state index is 3.67. The Balaban J connectivity index is 2.15. The van der Waals surface area contributed by atoms with E-state index in [9.17, 15) is 0 Å². The summed E-state index contributed by atoms with van der Waals surface area (Å²) in [6.45, 7) is 3.11. The number of anilines is 1. The molecule has 19 heavy (non-hydrogen) atoms. The van der Waals surface area contributed by atoms with Crippen molar-refractivity contribution in [2.45, 2.75) is 19.5 Å². The first-order valence-corrected chi connectivity index (χ1v) is 7.99. The van der Waals surface area contributed by atoms with Gasteiger partial charge < -0.3 is 10.2 Å². The van der Waals surface area contributed by atoms with Gasteiger partial charge in [0.05, 0.1) is 6.54 Å². The Labute approximate surface area is 127 Å². The van der Waals surface area contributed by atoms with Gasteiger partial charge in [-0.1, -0.05) is 28.1 Å². The van der Waals surface area contributed by atoms with Crippen LogP contribution in [0.1, 0.15) is 23.4 Å². The molecule has 2 rings (SSSR count). The van der Waals surface area contributed by atoms with Crippen molar-refractivity contribution in [1.29, 1.82) is 0 Å². The summed E-state index contributed by atoms with van der Waals surface area (Å²) in [7, 11) is 4.11. The van der Waals surface area contributed by atoms with Gasteiger partial charge in [0, 0.05) is 28.1 Å². The summed E-state index contributed by atoms with van der Waals surface area (Å²) in [6.07, 6.45) is 0. The van der Waals surface area contributed by atoms with E-state index in [1.54, 1.807) is 11.3 Å². The van der Waals surface area contributed by atoms with Crippen molar-refractivity contribution in [3.8, 4) is 0 Å². The van der Waals surface area contributed by atoms with Crippen molar-refractivity contribution in [1.82, 2.24) is 5.32 Å². The van der Waals surface area contributed by atoms with E-state index in [0.29, 0.717) is 6.04 Å². The molecule has 1 atom stereocenters. The molecule has 0 saturated carbocycles. The molecule has 1 aromatic heterocycles. The Bertz CT molecular complexity index is 525. The third-order valence-electron chi connectivity index (χ3n) is 3.30. The first-order chi connectivity index (χ1) is 9.11. The lowest BCUT2D eigenvalue weighted by Gasteiger charge is -2.21. The maximum absolute atomic E-state index is 3.67. The number of nitrogens with zero attached hydrogens (tertiary/aromatic N) is 1. The van der Waals surface area contributed by atoms with Crippen LogP contribution in [0.2, 0.25) is 0 Å². The van der Waals surface area contributed by atoms with E-state index in [4.69, 9.17) is 0 Å². The zero-order valence-electron chi connectivity index (χ0n) is 11.5. The number of hydrogen-bond donors (Lipinski definition) is 1. The van der Waals surface area contributed by atoms with Crippen LogP contribution in [0.25, 0.3) is 0 Å². The molecule has 102 valence electrons. The molecular formula is C15H19BrN2S. The second kappa shape index (κ2) is 6.55. The van der Waals surface area contributed by atoms with Crippen LogP contribution in [0.3, 0.4) is 0 Å². The van der Waals surface area contributed by atoms with E-state index in [1.807, 2.05) is 7.05 Å². The fourth-order valence-electron chi connectivity index (χ4n) is 1.99. The van der Waals surface area contributed by atoms with Gasteiger partial charge in [-0.25, -0.2) is 0 Å². The van der Waals surface area contributed by atoms with E-state index in [0.717, 1.165) is 11.0 Å². The van der Waals surface area contributed by atoms with Gasteiger partial charge in [-0.05, 0) is 43.1 Å². The fourth-order valence-corrected chi connectivity index (χ4v) is 3.46. The predicted molar refractivity (Wildman–Crippen MR) is 88.0 cm³/mol. The molecule has 0 amide bonds. The molecule has 0 saturated heterocycles. The molecule has 0 radical (unpaired) electrons. The highest BCUT2D eigenvalue weighted by molar-refractivity contribution is 9.10. The first kappa shape index (κ1) is 14.6. The Hall–Kier alpha value is -0.840. The molecule has 0 aliphatic heterocycles. The maximum Gasteiger partial charge on any atom is 0.0519 e. The van der Waals surface area contributed by atoms with E-state index in [2.05, 4.69) is 75.8 Å². The Morgan fingerprint density at radius 2 is 2.16 bits per heavy atom. The fraction of sp³-hybridized carbons (Fsp3) is 0.333. The first-order valence-electron chi connectivity index (χ1n) is 6.32. The van der Waals surface area contributed by atoms with Gasteiger partial charge in [-0.2, -0.15) is 0 Å². The lowest BCUT2D eigenvalue weighted by atomic mass is 10.1. The molecule has 0 aliphatic rings. The molecule has 2 aromatic rings. The van der Waals surface area contributed by atoms with Crippen LogP contribution in [-0.4, -0.2) is 14.1 Å². The Morgan fingerprint density at radius 1 is 1.37 bits per heavy atom. The molecule has 1 N–H and O–H groups in total. The molecule has 0 bridgehead atoms. The minimum Gasteiger partial charge on any atom is -0.369 e. The minimum absolute atomic E-state index is 0.353. The van der Waals surface area contributed by atoms with Gasteiger partial charge in [0.25, 0.3) is 0 Å². The molecule has 0 aliphatic carbocycles. The van der Waals surface area contributed by atoms with Gasteiger partial charge >= 0.3 is 0 Å². The molecular weight excluding hydrogens is 320 g/mol. The summed E-state index contributed by atoms with van der Waals surface area (Å²) in [5, 5.41) is 5.39. The van der Waals surface area contributed by atoms with E-state index >= 15 is 0 Å². The normalized spacial score (nSPS) is 12.4. The third kappa shape index (κ3) is 3.59. The van der Waals surface area contributed by atoms with E-state index in [1.165, 1.54) is 16.1 Å². The summed E-state index contributed by atoms with van der Waals surface area (Å²) < 4.78 is 1.16. The quantitative estimate of drug-likeness (QED) is 0.867. The van der Waals surface area contributed by atoms with Crippen LogP contribution in [0.15, 0.2) is 40.2 Å². The topological polar surface area (TPSA) is 15.3 Å². The van der Waals surface area contributed by atoms with Crippen molar-refractivity contribution in [2.75, 3.05) is 19.0 Å². The minimum atomic E-state index is 0.353. The van der Waals surface area contributed by atoms with Crippen LogP contribution in [-0.2, 0) is 6.54 Å². The smallest absolute Gasteiger partial charge is 0.0519 e. The largest absolute Gasteiger partial charge is 0.369 e. The highest BCUT2D eigenvalue weighted by atomic mass is 79.9. The number of nitrogens with one attached hydrogen (secondary N) is 1. The average molecular weight is 339 g/mol. The average Bonchev–Trinajstić information content (AvgIpc) is 2.90. The number of thiophene rings is 1. The van der Waals surface area contributed by atoms with Crippen molar-refractivity contribution in [3.05, 3.63) is 50.6 Å². The third-order valence-corrected chi connectivity index (χ3v) is 4.85. The highest BCUT2D eigenvalue weighted by Gasteiger charge is 2.10. The molecule has 4 heteroatoms. The molecule has 1 aromatic carbocycles. The number of hydrogen-bond acceptors (Lipinski definition) is 3. The van der Waals surface area contributed by atoms with E-state index in [-0.39, 0.29) is 0 Å². The van der Waals surface area contributed by atoms with Gasteiger partial charge in [0.15, 0.2) is 0 Å². The van der Waals surface area contributed by atoms with Crippen LogP contribution >= 0.6 is 27.3 Å². The zero-order valence-corrected chi connectivity index (χ0v) is 13.9. The van der Waals surface area contributed by atoms with Gasteiger partial charge in [0.2, 0.25) is 0 Å². The van der Waals surface area contributed by atoms with E-state index < -0.39 is 0 Å². The van der Waals surface area contributed by atoms with Gasteiger partial charge in [0.1, 0.15) is 0 Å². The van der Waals surface area contributed by atoms with Crippen molar-refractivity contribution >= 4 is 33.0 Å². The number of halogens is 1. The van der Waals surface area contributed by atoms with Crippen molar-refractivity contribution in [3.63, 3.8) is 0 Å². The van der Waals surface area contributed by atoms with Crippen LogP contribution in [0, 0.1) is 0 Å². The summed E-state index contributed by atoms with van der Waals surface area (Å²) in [5.74, 6) is 0. The van der Waals surface area contributed by atoms with Gasteiger partial charge in [-0.15, -0.1) is 11.3 Å². The Kier molecular flexibility index (Phi) is 5.02. The predicted octanol–water partition coefficient (Wildman–Crippen LogP) is 4.43. The summed E-state index contributed by atoms with van der Waals surface area (Å²) in [4.78, 5) is 3.65. The summed E-state index contributed by atoms with van der Waals surface area (Å²) in [5.41, 5.74) is 2.52. The number of benzene rings is 1. The summed E-state index contributed by atoms with van der Waals surface area (Å²) in [6, 6.07) is 11.2. The lowest BCUT2D eigenvalue weighted by molar-refractivity contribution is 0.649. The Morgan fingerprint density at radius 3 is 2.74 bits per heavy atom. The standard InChI is InChI=1S/C15H19BrN2S/c1-11(17-2)14-7-6-12(9-15(14)16)18(3)10-13-5-4-8-19-13/h4-9,11,17H,10H2,1-3H3. The van der Waals surface area contributed by atoms with Crippen molar-refractivity contribution < 1.29 is 0 Å². The molecule has 2 nitrogen and oxygen atoms in total. The van der Waals surface area contributed by atoms with Gasteiger partial charge in [-0.3, -0.25) is 0 Å². The second-order valence-corrected chi connectivity index (χ2v) is 6.54. The molecule has 1 unspecified atom stereocenters.